The second kappa shape index (κ2) is 5.66. The summed E-state index contributed by atoms with van der Waals surface area (Å²) in [7, 11) is 0. The van der Waals surface area contributed by atoms with E-state index in [9.17, 15) is 14.9 Å². The Balaban J connectivity index is 3.12. The maximum Gasteiger partial charge on any atom is 0.274 e. The first-order valence-electron chi connectivity index (χ1n) is 5.74. The molecule has 1 aromatic carbocycles. The first-order chi connectivity index (χ1) is 8.69. The molecule has 6 nitrogen and oxygen atoms in total. The number of nitro benzene ring substituents is 1. The SMILES string of the molecule is CCC(C)(N)C(=O)Nc1cc([N+](=O)[O-])c(C)cc1Br. The van der Waals surface area contributed by atoms with Crippen molar-refractivity contribution in [3.8, 4) is 0 Å². The number of nitro groups is 1. The topological polar surface area (TPSA) is 98.3 Å². The molecule has 0 aliphatic heterocycles. The molecule has 0 aliphatic rings. The summed E-state index contributed by atoms with van der Waals surface area (Å²) in [6.07, 6.45) is 0.463. The van der Waals surface area contributed by atoms with Gasteiger partial charge in [0.15, 0.2) is 0 Å². The summed E-state index contributed by atoms with van der Waals surface area (Å²) in [5.41, 5.74) is 5.62. The van der Waals surface area contributed by atoms with Gasteiger partial charge in [0.2, 0.25) is 5.91 Å². The Hall–Kier alpha value is -1.47. The Morgan fingerprint density at radius 1 is 1.58 bits per heavy atom. The summed E-state index contributed by atoms with van der Waals surface area (Å²) >= 11 is 3.27. The van der Waals surface area contributed by atoms with Gasteiger partial charge in [-0.2, -0.15) is 0 Å². The zero-order chi connectivity index (χ0) is 14.8. The molecule has 0 saturated carbocycles. The Morgan fingerprint density at radius 3 is 2.63 bits per heavy atom. The van der Waals surface area contributed by atoms with Crippen LogP contribution in [0.15, 0.2) is 16.6 Å². The van der Waals surface area contributed by atoms with E-state index in [1.165, 1.54) is 6.07 Å². The highest BCUT2D eigenvalue weighted by molar-refractivity contribution is 9.10. The Labute approximate surface area is 119 Å². The van der Waals surface area contributed by atoms with Crippen LogP contribution in [0.3, 0.4) is 0 Å². The Bertz CT molecular complexity index is 529. The van der Waals surface area contributed by atoms with E-state index in [-0.39, 0.29) is 11.6 Å². The van der Waals surface area contributed by atoms with Gasteiger partial charge in [-0.25, -0.2) is 0 Å². The van der Waals surface area contributed by atoms with Gasteiger partial charge < -0.3 is 11.1 Å². The van der Waals surface area contributed by atoms with Crippen LogP contribution in [0.1, 0.15) is 25.8 Å². The summed E-state index contributed by atoms with van der Waals surface area (Å²) in [4.78, 5) is 22.3. The summed E-state index contributed by atoms with van der Waals surface area (Å²) in [6, 6.07) is 2.91. The lowest BCUT2D eigenvalue weighted by molar-refractivity contribution is -0.385. The number of anilines is 1. The fraction of sp³-hybridized carbons (Fsp3) is 0.417. The lowest BCUT2D eigenvalue weighted by atomic mass is 9.99. The fourth-order valence-corrected chi connectivity index (χ4v) is 1.94. The molecule has 3 N–H and O–H groups in total. The van der Waals surface area contributed by atoms with Crippen molar-refractivity contribution in [2.24, 2.45) is 5.73 Å². The predicted molar refractivity (Wildman–Crippen MR) is 77.0 cm³/mol. The zero-order valence-corrected chi connectivity index (χ0v) is 12.6. The van der Waals surface area contributed by atoms with Gasteiger partial charge >= 0.3 is 0 Å². The monoisotopic (exact) mass is 329 g/mol. The first kappa shape index (κ1) is 15.6. The van der Waals surface area contributed by atoms with Gasteiger partial charge in [-0.3, -0.25) is 14.9 Å². The first-order valence-corrected chi connectivity index (χ1v) is 6.53. The summed E-state index contributed by atoms with van der Waals surface area (Å²) in [5.74, 6) is -0.381. The third-order valence-corrected chi connectivity index (χ3v) is 3.64. The van der Waals surface area contributed by atoms with Crippen LogP contribution in [-0.4, -0.2) is 16.4 Å². The van der Waals surface area contributed by atoms with Crippen molar-refractivity contribution in [3.05, 3.63) is 32.3 Å². The van der Waals surface area contributed by atoms with Crippen LogP contribution in [0.5, 0.6) is 0 Å². The molecular weight excluding hydrogens is 314 g/mol. The molecule has 104 valence electrons. The van der Waals surface area contributed by atoms with Crippen molar-refractivity contribution >= 4 is 33.2 Å². The minimum Gasteiger partial charge on any atom is -0.323 e. The number of carbonyl (C=O) groups excluding carboxylic acids is 1. The van der Waals surface area contributed by atoms with Crippen LogP contribution in [0.4, 0.5) is 11.4 Å². The van der Waals surface area contributed by atoms with Crippen molar-refractivity contribution in [1.29, 1.82) is 0 Å². The van der Waals surface area contributed by atoms with Crippen molar-refractivity contribution in [2.75, 3.05) is 5.32 Å². The van der Waals surface area contributed by atoms with Crippen molar-refractivity contribution in [3.63, 3.8) is 0 Å². The van der Waals surface area contributed by atoms with E-state index in [0.717, 1.165) is 0 Å². The summed E-state index contributed by atoms with van der Waals surface area (Å²) in [5, 5.41) is 13.5. The molecule has 0 radical (unpaired) electrons. The maximum absolute atomic E-state index is 12.0. The van der Waals surface area contributed by atoms with Gasteiger partial charge in [0.05, 0.1) is 16.1 Å². The lowest BCUT2D eigenvalue weighted by Crippen LogP contribution is -2.47. The van der Waals surface area contributed by atoms with Crippen LogP contribution in [0, 0.1) is 17.0 Å². The van der Waals surface area contributed by atoms with E-state index in [0.29, 0.717) is 22.1 Å². The van der Waals surface area contributed by atoms with E-state index >= 15 is 0 Å². The molecule has 1 rings (SSSR count). The van der Waals surface area contributed by atoms with Crippen molar-refractivity contribution in [2.45, 2.75) is 32.7 Å². The summed E-state index contributed by atoms with van der Waals surface area (Å²) in [6.45, 7) is 5.04. The minimum atomic E-state index is -1.01. The van der Waals surface area contributed by atoms with Gasteiger partial charge in [-0.15, -0.1) is 0 Å². The molecule has 0 fully saturated rings. The number of aryl methyl sites for hydroxylation is 1. The number of hydrogen-bond donors (Lipinski definition) is 2. The van der Waals surface area contributed by atoms with Gasteiger partial charge in [-0.1, -0.05) is 6.92 Å². The van der Waals surface area contributed by atoms with E-state index in [1.54, 1.807) is 26.8 Å². The number of carbonyl (C=O) groups is 1. The average molecular weight is 330 g/mol. The molecule has 1 amide bonds. The number of nitrogens with zero attached hydrogens (tertiary/aromatic N) is 1. The molecule has 0 spiro atoms. The highest BCUT2D eigenvalue weighted by Gasteiger charge is 2.27. The van der Waals surface area contributed by atoms with Crippen LogP contribution >= 0.6 is 15.9 Å². The van der Waals surface area contributed by atoms with Gasteiger partial charge in [0, 0.05) is 16.1 Å². The third kappa shape index (κ3) is 3.51. The standard InChI is InChI=1S/C12H16BrN3O3/c1-4-12(3,14)11(17)15-9-6-10(16(18)19)7(2)5-8(9)13/h5-6H,4,14H2,1-3H3,(H,15,17). The fourth-order valence-electron chi connectivity index (χ4n) is 1.38. The molecule has 1 atom stereocenters. The normalized spacial score (nSPS) is 13.7. The van der Waals surface area contributed by atoms with E-state index < -0.39 is 10.5 Å². The number of nitrogens with one attached hydrogen (secondary N) is 1. The number of rotatable bonds is 4. The number of amides is 1. The molecule has 0 bridgehead atoms. The molecule has 0 aliphatic carbocycles. The predicted octanol–water partition coefficient (Wildman–Crippen LogP) is 2.73. The highest BCUT2D eigenvalue weighted by atomic mass is 79.9. The zero-order valence-electron chi connectivity index (χ0n) is 11.0. The molecule has 0 saturated heterocycles. The van der Waals surface area contributed by atoms with E-state index in [2.05, 4.69) is 21.2 Å². The van der Waals surface area contributed by atoms with Gasteiger partial charge in [-0.05, 0) is 42.3 Å². The van der Waals surface area contributed by atoms with Crippen LogP contribution in [-0.2, 0) is 4.79 Å². The summed E-state index contributed by atoms with van der Waals surface area (Å²) < 4.78 is 0.579. The number of nitrogens with two attached hydrogens (primary N) is 1. The molecule has 19 heavy (non-hydrogen) atoms. The number of hydrogen-bond acceptors (Lipinski definition) is 4. The smallest absolute Gasteiger partial charge is 0.274 e. The van der Waals surface area contributed by atoms with Gasteiger partial charge in [0.25, 0.3) is 5.69 Å². The maximum atomic E-state index is 12.0. The van der Waals surface area contributed by atoms with Crippen LogP contribution in [0.2, 0.25) is 0 Å². The van der Waals surface area contributed by atoms with E-state index in [4.69, 9.17) is 5.73 Å². The quantitative estimate of drug-likeness (QED) is 0.655. The number of halogens is 1. The largest absolute Gasteiger partial charge is 0.323 e. The molecule has 0 aromatic heterocycles. The minimum absolute atomic E-state index is 0.0475. The average Bonchev–Trinajstić information content (AvgIpc) is 2.31. The third-order valence-electron chi connectivity index (χ3n) is 2.98. The molecule has 1 aromatic rings. The lowest BCUT2D eigenvalue weighted by Gasteiger charge is -2.22. The second-order valence-corrected chi connectivity index (χ2v) is 5.46. The van der Waals surface area contributed by atoms with Gasteiger partial charge in [0.1, 0.15) is 0 Å². The molecule has 1 unspecified atom stereocenters. The Kier molecular flexibility index (Phi) is 4.65. The molecule has 7 heteroatoms. The van der Waals surface area contributed by atoms with E-state index in [1.807, 2.05) is 0 Å². The van der Waals surface area contributed by atoms with Crippen LogP contribution < -0.4 is 11.1 Å². The van der Waals surface area contributed by atoms with Crippen molar-refractivity contribution in [1.82, 2.24) is 0 Å². The molecule has 0 heterocycles. The number of benzene rings is 1. The highest BCUT2D eigenvalue weighted by Crippen LogP contribution is 2.31. The Morgan fingerprint density at radius 2 is 2.16 bits per heavy atom. The molecular formula is C12H16BrN3O3. The second-order valence-electron chi connectivity index (χ2n) is 4.60. The van der Waals surface area contributed by atoms with Crippen LogP contribution in [0.25, 0.3) is 0 Å². The van der Waals surface area contributed by atoms with Crippen molar-refractivity contribution < 1.29 is 9.72 Å².